The number of aryl methyl sites for hydroxylation is 1. The van der Waals surface area contributed by atoms with E-state index in [0.29, 0.717) is 10.8 Å². The van der Waals surface area contributed by atoms with Gasteiger partial charge in [0.2, 0.25) is 5.69 Å². The summed E-state index contributed by atoms with van der Waals surface area (Å²) in [6.45, 7) is 1.85. The Labute approximate surface area is 101 Å². The number of carboxylic acid groups (broad SMARTS) is 1. The summed E-state index contributed by atoms with van der Waals surface area (Å²) in [5, 5.41) is 18.5. The Kier molecular flexibility index (Phi) is 2.97. The van der Waals surface area contributed by atoms with Crippen LogP contribution in [0.2, 0.25) is 5.02 Å². The van der Waals surface area contributed by atoms with Crippen molar-refractivity contribution in [3.63, 3.8) is 0 Å². The Morgan fingerprint density at radius 1 is 1.47 bits per heavy atom. The summed E-state index contributed by atoms with van der Waals surface area (Å²) in [4.78, 5) is 10.8. The van der Waals surface area contributed by atoms with E-state index in [9.17, 15) is 4.79 Å². The van der Waals surface area contributed by atoms with Crippen molar-refractivity contribution in [3.8, 4) is 11.6 Å². The molecule has 0 radical (unpaired) electrons. The number of rotatable bonds is 3. The van der Waals surface area contributed by atoms with E-state index in [1.165, 1.54) is 0 Å². The Bertz CT molecular complexity index is 547. The van der Waals surface area contributed by atoms with E-state index in [-0.39, 0.29) is 11.6 Å². The first-order valence-corrected chi connectivity index (χ1v) is 5.03. The summed E-state index contributed by atoms with van der Waals surface area (Å²) in [6, 6.07) is 5.04. The molecule has 6 nitrogen and oxygen atoms in total. The lowest BCUT2D eigenvalue weighted by Crippen LogP contribution is -1.99. The minimum Gasteiger partial charge on any atom is -0.476 e. The lowest BCUT2D eigenvalue weighted by molar-refractivity contribution is 0.0687. The van der Waals surface area contributed by atoms with Gasteiger partial charge in [0.1, 0.15) is 5.75 Å². The number of aromatic nitrogens is 3. The van der Waals surface area contributed by atoms with Gasteiger partial charge in [-0.2, -0.15) is 0 Å². The van der Waals surface area contributed by atoms with Gasteiger partial charge in [-0.05, 0) is 30.7 Å². The maximum Gasteiger partial charge on any atom is 0.359 e. The third-order valence-corrected chi connectivity index (χ3v) is 2.18. The maximum atomic E-state index is 10.8. The van der Waals surface area contributed by atoms with Crippen molar-refractivity contribution in [2.45, 2.75) is 6.92 Å². The monoisotopic (exact) mass is 253 g/mol. The van der Waals surface area contributed by atoms with Crippen molar-refractivity contribution in [2.75, 3.05) is 0 Å². The molecule has 0 amide bonds. The number of halogens is 1. The molecule has 0 bridgehead atoms. The summed E-state index contributed by atoms with van der Waals surface area (Å²) in [5.74, 6) is -0.880. The first kappa shape index (κ1) is 11.4. The zero-order valence-electron chi connectivity index (χ0n) is 8.77. The number of aromatic carboxylic acids is 1. The predicted octanol–water partition coefficient (Wildman–Crippen LogP) is 2.26. The van der Waals surface area contributed by atoms with Crippen molar-refractivity contribution in [1.82, 2.24) is 15.4 Å². The average molecular weight is 254 g/mol. The highest BCUT2D eigenvalue weighted by Crippen LogP contribution is 2.25. The van der Waals surface area contributed by atoms with Gasteiger partial charge in [0.25, 0.3) is 5.88 Å². The number of nitrogens with one attached hydrogen (secondary N) is 1. The number of carbonyl (C=O) groups is 1. The third-order valence-electron chi connectivity index (χ3n) is 1.96. The van der Waals surface area contributed by atoms with Gasteiger partial charge in [-0.3, -0.25) is 0 Å². The fourth-order valence-electron chi connectivity index (χ4n) is 1.30. The molecule has 2 rings (SSSR count). The largest absolute Gasteiger partial charge is 0.476 e. The van der Waals surface area contributed by atoms with Crippen LogP contribution >= 0.6 is 11.6 Å². The first-order chi connectivity index (χ1) is 8.06. The summed E-state index contributed by atoms with van der Waals surface area (Å²) >= 11 is 5.85. The van der Waals surface area contributed by atoms with Gasteiger partial charge in [0, 0.05) is 5.02 Å². The smallest absolute Gasteiger partial charge is 0.359 e. The highest BCUT2D eigenvalue weighted by molar-refractivity contribution is 6.30. The van der Waals surface area contributed by atoms with E-state index in [4.69, 9.17) is 21.4 Å². The molecule has 1 aromatic heterocycles. The third kappa shape index (κ3) is 2.54. The van der Waals surface area contributed by atoms with Gasteiger partial charge in [-0.1, -0.05) is 21.9 Å². The summed E-state index contributed by atoms with van der Waals surface area (Å²) in [5.41, 5.74) is 0.690. The molecular weight excluding hydrogens is 246 g/mol. The van der Waals surface area contributed by atoms with Gasteiger partial charge < -0.3 is 9.84 Å². The molecule has 0 spiro atoms. The van der Waals surface area contributed by atoms with E-state index >= 15 is 0 Å². The maximum absolute atomic E-state index is 10.8. The summed E-state index contributed by atoms with van der Waals surface area (Å²) < 4.78 is 5.30. The minimum atomic E-state index is -1.19. The fraction of sp³-hybridized carbons (Fsp3) is 0.100. The van der Waals surface area contributed by atoms with Crippen LogP contribution in [0, 0.1) is 6.92 Å². The molecule has 0 atom stereocenters. The molecule has 2 aromatic rings. The quantitative estimate of drug-likeness (QED) is 0.876. The lowest BCUT2D eigenvalue weighted by Gasteiger charge is -2.04. The average Bonchev–Trinajstić information content (AvgIpc) is 2.63. The van der Waals surface area contributed by atoms with E-state index < -0.39 is 5.97 Å². The van der Waals surface area contributed by atoms with Crippen molar-refractivity contribution < 1.29 is 14.6 Å². The van der Waals surface area contributed by atoms with E-state index in [1.54, 1.807) is 18.2 Å². The molecule has 2 N–H and O–H groups in total. The second-order valence-electron chi connectivity index (χ2n) is 3.36. The number of nitrogens with zero attached hydrogens (tertiary/aromatic N) is 2. The van der Waals surface area contributed by atoms with Gasteiger partial charge in [-0.15, -0.1) is 0 Å². The Balaban J connectivity index is 2.31. The summed E-state index contributed by atoms with van der Waals surface area (Å²) in [6.07, 6.45) is 0. The first-order valence-electron chi connectivity index (χ1n) is 4.65. The molecule has 17 heavy (non-hydrogen) atoms. The molecule has 0 aliphatic rings. The Morgan fingerprint density at radius 3 is 2.88 bits per heavy atom. The molecular formula is C10H8ClN3O3. The normalized spacial score (nSPS) is 10.2. The number of hydrogen-bond acceptors (Lipinski definition) is 4. The van der Waals surface area contributed by atoms with Crippen LogP contribution in [0.4, 0.5) is 0 Å². The van der Waals surface area contributed by atoms with E-state index in [1.807, 2.05) is 6.92 Å². The van der Waals surface area contributed by atoms with Crippen LogP contribution in [0.15, 0.2) is 18.2 Å². The second-order valence-corrected chi connectivity index (χ2v) is 3.80. The second kappa shape index (κ2) is 4.42. The number of hydrogen-bond donors (Lipinski definition) is 2. The van der Waals surface area contributed by atoms with Crippen LogP contribution in [-0.4, -0.2) is 26.5 Å². The molecule has 0 saturated heterocycles. The Hall–Kier alpha value is -2.08. The number of benzene rings is 1. The van der Waals surface area contributed by atoms with Crippen LogP contribution in [0.25, 0.3) is 0 Å². The topological polar surface area (TPSA) is 88.1 Å². The van der Waals surface area contributed by atoms with Crippen molar-refractivity contribution in [2.24, 2.45) is 0 Å². The molecule has 88 valence electrons. The molecule has 0 saturated carbocycles. The number of carboxylic acids is 1. The zero-order valence-corrected chi connectivity index (χ0v) is 9.52. The molecule has 0 aliphatic carbocycles. The van der Waals surface area contributed by atoms with Crippen LogP contribution in [-0.2, 0) is 0 Å². The van der Waals surface area contributed by atoms with E-state index in [0.717, 1.165) is 5.56 Å². The van der Waals surface area contributed by atoms with Crippen LogP contribution in [0.5, 0.6) is 11.6 Å². The highest BCUT2D eigenvalue weighted by Gasteiger charge is 2.16. The Morgan fingerprint density at radius 2 is 2.24 bits per heavy atom. The minimum absolute atomic E-state index is 0.0980. The van der Waals surface area contributed by atoms with Crippen molar-refractivity contribution in [3.05, 3.63) is 34.5 Å². The number of aromatic amines is 1. The summed E-state index contributed by atoms with van der Waals surface area (Å²) in [7, 11) is 0. The molecule has 1 aromatic carbocycles. The lowest BCUT2D eigenvalue weighted by atomic mass is 10.2. The molecule has 0 aliphatic heterocycles. The van der Waals surface area contributed by atoms with Crippen molar-refractivity contribution >= 4 is 17.6 Å². The van der Waals surface area contributed by atoms with Crippen molar-refractivity contribution in [1.29, 1.82) is 0 Å². The van der Waals surface area contributed by atoms with Gasteiger partial charge >= 0.3 is 5.97 Å². The molecule has 0 unspecified atom stereocenters. The van der Waals surface area contributed by atoms with Crippen LogP contribution in [0.1, 0.15) is 16.1 Å². The molecule has 1 heterocycles. The molecule has 7 heteroatoms. The van der Waals surface area contributed by atoms with Gasteiger partial charge in [0.05, 0.1) is 0 Å². The number of H-pyrrole nitrogens is 1. The standard InChI is InChI=1S/C10H8ClN3O3/c1-5-2-6(11)4-7(3-5)17-9-8(10(15)16)12-14-13-9/h2-4H,1H3,(H,15,16)(H,12,13,14). The fourth-order valence-corrected chi connectivity index (χ4v) is 1.58. The zero-order chi connectivity index (χ0) is 12.4. The van der Waals surface area contributed by atoms with E-state index in [2.05, 4.69) is 15.4 Å². The van der Waals surface area contributed by atoms with Gasteiger partial charge in [0.15, 0.2) is 0 Å². The van der Waals surface area contributed by atoms with Crippen LogP contribution in [0.3, 0.4) is 0 Å². The van der Waals surface area contributed by atoms with Crippen LogP contribution < -0.4 is 4.74 Å². The molecule has 0 fully saturated rings. The SMILES string of the molecule is Cc1cc(Cl)cc(Oc2nn[nH]c2C(=O)O)c1. The predicted molar refractivity (Wildman–Crippen MR) is 59.6 cm³/mol. The number of ether oxygens (including phenoxy) is 1. The highest BCUT2D eigenvalue weighted by atomic mass is 35.5. The van der Waals surface area contributed by atoms with Gasteiger partial charge in [-0.25, -0.2) is 9.89 Å².